The highest BCUT2D eigenvalue weighted by Gasteiger charge is 1.83. The van der Waals surface area contributed by atoms with Crippen molar-refractivity contribution in [3.63, 3.8) is 0 Å². The lowest BCUT2D eigenvalue weighted by Gasteiger charge is -1.98. The standard InChI is InChI=1S/C7H15N3/c8-4-1-2-6-10-7-3-5-9/h4-5,8-10H,1-3,6-7H2. The second kappa shape index (κ2) is 8.30. The molecule has 0 aliphatic rings. The largest absolute Gasteiger partial charge is 0.316 e. The molecule has 0 rings (SSSR count). The Labute approximate surface area is 61.8 Å². The summed E-state index contributed by atoms with van der Waals surface area (Å²) in [4.78, 5) is 0. The lowest BCUT2D eigenvalue weighted by atomic mass is 10.3. The van der Waals surface area contributed by atoms with Crippen molar-refractivity contribution in [1.29, 1.82) is 10.8 Å². The van der Waals surface area contributed by atoms with Gasteiger partial charge in [-0.25, -0.2) is 0 Å². The molecule has 3 nitrogen and oxygen atoms in total. The van der Waals surface area contributed by atoms with Crippen LogP contribution in [0.25, 0.3) is 0 Å². The van der Waals surface area contributed by atoms with Crippen LogP contribution in [0.2, 0.25) is 0 Å². The molecule has 0 atom stereocenters. The van der Waals surface area contributed by atoms with Gasteiger partial charge in [-0.15, -0.1) is 0 Å². The highest BCUT2D eigenvalue weighted by atomic mass is 14.8. The monoisotopic (exact) mass is 141 g/mol. The quantitative estimate of drug-likeness (QED) is 0.360. The van der Waals surface area contributed by atoms with Crippen LogP contribution >= 0.6 is 0 Å². The van der Waals surface area contributed by atoms with E-state index in [1.54, 1.807) is 0 Å². The Morgan fingerprint density at radius 3 is 2.30 bits per heavy atom. The maximum atomic E-state index is 6.73. The summed E-state index contributed by atoms with van der Waals surface area (Å²) in [5.74, 6) is 0. The van der Waals surface area contributed by atoms with Crippen LogP contribution in [0.1, 0.15) is 19.3 Å². The van der Waals surface area contributed by atoms with E-state index in [1.165, 1.54) is 12.4 Å². The van der Waals surface area contributed by atoms with Crippen molar-refractivity contribution >= 4 is 12.4 Å². The van der Waals surface area contributed by atoms with E-state index < -0.39 is 0 Å². The van der Waals surface area contributed by atoms with Gasteiger partial charge in [-0.2, -0.15) is 0 Å². The molecule has 0 amide bonds. The number of nitrogens with one attached hydrogen (secondary N) is 3. The van der Waals surface area contributed by atoms with Crippen molar-refractivity contribution in [3.8, 4) is 0 Å². The van der Waals surface area contributed by atoms with Gasteiger partial charge in [0.1, 0.15) is 0 Å². The molecule has 0 saturated carbocycles. The van der Waals surface area contributed by atoms with E-state index in [0.29, 0.717) is 0 Å². The Bertz CT molecular complexity index is 78.9. The van der Waals surface area contributed by atoms with Gasteiger partial charge in [0.25, 0.3) is 0 Å². The first-order valence-electron chi connectivity index (χ1n) is 3.60. The summed E-state index contributed by atoms with van der Waals surface area (Å²) in [6.45, 7) is 1.85. The third-order valence-corrected chi connectivity index (χ3v) is 1.17. The number of hydrogen-bond donors (Lipinski definition) is 3. The van der Waals surface area contributed by atoms with E-state index in [1.807, 2.05) is 0 Å². The molecule has 0 aromatic heterocycles. The fraction of sp³-hybridized carbons (Fsp3) is 0.714. The van der Waals surface area contributed by atoms with E-state index in [-0.39, 0.29) is 0 Å². The molecule has 0 radical (unpaired) electrons. The van der Waals surface area contributed by atoms with Crippen LogP contribution in [-0.2, 0) is 0 Å². The van der Waals surface area contributed by atoms with E-state index in [2.05, 4.69) is 5.32 Å². The number of hydrogen-bond acceptors (Lipinski definition) is 3. The fourth-order valence-electron chi connectivity index (χ4n) is 0.628. The highest BCUT2D eigenvalue weighted by molar-refractivity contribution is 5.53. The van der Waals surface area contributed by atoms with Crippen molar-refractivity contribution in [3.05, 3.63) is 0 Å². The molecular weight excluding hydrogens is 126 g/mol. The van der Waals surface area contributed by atoms with Gasteiger partial charge in [-0.3, -0.25) is 0 Å². The second-order valence-electron chi connectivity index (χ2n) is 2.09. The molecule has 0 saturated heterocycles. The number of unbranched alkanes of at least 4 members (excludes halogenated alkanes) is 1. The molecule has 3 heteroatoms. The van der Waals surface area contributed by atoms with Crippen LogP contribution < -0.4 is 5.32 Å². The summed E-state index contributed by atoms with van der Waals surface area (Å²) >= 11 is 0. The second-order valence-corrected chi connectivity index (χ2v) is 2.09. The molecule has 0 unspecified atom stereocenters. The Morgan fingerprint density at radius 1 is 1.00 bits per heavy atom. The Kier molecular flexibility index (Phi) is 7.72. The number of rotatable bonds is 7. The summed E-state index contributed by atoms with van der Waals surface area (Å²) in [6.07, 6.45) is 5.53. The van der Waals surface area contributed by atoms with Crippen LogP contribution in [0, 0.1) is 10.8 Å². The van der Waals surface area contributed by atoms with E-state index in [9.17, 15) is 0 Å². The Morgan fingerprint density at radius 2 is 1.70 bits per heavy atom. The van der Waals surface area contributed by atoms with Gasteiger partial charge < -0.3 is 16.1 Å². The average molecular weight is 141 g/mol. The molecule has 0 spiro atoms. The predicted molar refractivity (Wildman–Crippen MR) is 44.3 cm³/mol. The van der Waals surface area contributed by atoms with E-state index in [4.69, 9.17) is 10.8 Å². The molecule has 0 heterocycles. The van der Waals surface area contributed by atoms with Crippen LogP contribution in [-0.4, -0.2) is 25.5 Å². The minimum absolute atomic E-state index is 0.810. The zero-order valence-corrected chi connectivity index (χ0v) is 6.19. The summed E-state index contributed by atoms with van der Waals surface area (Å²) in [5, 5.41) is 16.6. The van der Waals surface area contributed by atoms with Gasteiger partial charge in [0, 0.05) is 6.54 Å². The summed E-state index contributed by atoms with van der Waals surface area (Å²) in [6, 6.07) is 0. The molecule has 0 fully saturated rings. The molecule has 0 aromatic rings. The van der Waals surface area contributed by atoms with Gasteiger partial charge in [0.2, 0.25) is 0 Å². The lowest BCUT2D eigenvalue weighted by molar-refractivity contribution is 0.675. The van der Waals surface area contributed by atoms with Crippen molar-refractivity contribution in [2.24, 2.45) is 0 Å². The van der Waals surface area contributed by atoms with Gasteiger partial charge in [0.05, 0.1) is 0 Å². The van der Waals surface area contributed by atoms with Crippen molar-refractivity contribution in [2.45, 2.75) is 19.3 Å². The lowest BCUT2D eigenvalue weighted by Crippen LogP contribution is -2.16. The van der Waals surface area contributed by atoms with Gasteiger partial charge in [-0.1, -0.05) is 0 Å². The fourth-order valence-corrected chi connectivity index (χ4v) is 0.628. The van der Waals surface area contributed by atoms with E-state index in [0.717, 1.165) is 32.4 Å². The van der Waals surface area contributed by atoms with E-state index >= 15 is 0 Å². The molecule has 0 bridgehead atoms. The van der Waals surface area contributed by atoms with Gasteiger partial charge in [-0.05, 0) is 38.2 Å². The molecule has 58 valence electrons. The normalized spacial score (nSPS) is 9.20. The van der Waals surface area contributed by atoms with Crippen molar-refractivity contribution in [1.82, 2.24) is 5.32 Å². The third-order valence-electron chi connectivity index (χ3n) is 1.17. The zero-order valence-electron chi connectivity index (χ0n) is 6.19. The maximum absolute atomic E-state index is 6.73. The molecule has 10 heavy (non-hydrogen) atoms. The molecule has 0 aliphatic heterocycles. The maximum Gasteiger partial charge on any atom is 0.0000491 e. The minimum Gasteiger partial charge on any atom is -0.316 e. The Balaban J connectivity index is 2.76. The first-order valence-corrected chi connectivity index (χ1v) is 3.60. The van der Waals surface area contributed by atoms with Crippen LogP contribution in [0.15, 0.2) is 0 Å². The topological polar surface area (TPSA) is 59.7 Å². The highest BCUT2D eigenvalue weighted by Crippen LogP contribution is 1.80. The first-order chi connectivity index (χ1) is 4.91. The van der Waals surface area contributed by atoms with Crippen molar-refractivity contribution in [2.75, 3.05) is 13.1 Å². The third kappa shape index (κ3) is 7.30. The molecular formula is C7H15N3. The molecule has 0 aromatic carbocycles. The first kappa shape index (κ1) is 9.30. The smallest absolute Gasteiger partial charge is 0.0000491 e. The van der Waals surface area contributed by atoms with Gasteiger partial charge >= 0.3 is 0 Å². The van der Waals surface area contributed by atoms with Crippen LogP contribution in [0.3, 0.4) is 0 Å². The van der Waals surface area contributed by atoms with Crippen LogP contribution in [0.5, 0.6) is 0 Å². The summed E-state index contributed by atoms with van der Waals surface area (Å²) < 4.78 is 0. The van der Waals surface area contributed by atoms with Crippen LogP contribution in [0.4, 0.5) is 0 Å². The Hall–Kier alpha value is -0.700. The van der Waals surface area contributed by atoms with Gasteiger partial charge in [0.15, 0.2) is 0 Å². The SMILES string of the molecule is N=CCCCNCCC=N. The summed E-state index contributed by atoms with van der Waals surface area (Å²) in [5.41, 5.74) is 0. The molecule has 3 N–H and O–H groups in total. The average Bonchev–Trinajstić information content (AvgIpc) is 1.97. The minimum atomic E-state index is 0.810. The summed E-state index contributed by atoms with van der Waals surface area (Å²) in [7, 11) is 0. The zero-order chi connectivity index (χ0) is 7.66. The molecule has 0 aliphatic carbocycles. The predicted octanol–water partition coefficient (Wildman–Crippen LogP) is 1.05. The van der Waals surface area contributed by atoms with Crippen molar-refractivity contribution < 1.29 is 0 Å².